The number of fused-ring (bicyclic) bond motifs is 8. The van der Waals surface area contributed by atoms with Gasteiger partial charge in [-0.15, -0.1) is 0 Å². The highest BCUT2D eigenvalue weighted by molar-refractivity contribution is 6.13. The molecule has 6 aromatic rings. The van der Waals surface area contributed by atoms with Gasteiger partial charge in [0, 0.05) is 27.8 Å². The predicted octanol–water partition coefficient (Wildman–Crippen LogP) is 6.91. The van der Waals surface area contributed by atoms with Crippen molar-refractivity contribution >= 4 is 68.0 Å². The summed E-state index contributed by atoms with van der Waals surface area (Å²) in [6, 6.07) is 20.6. The van der Waals surface area contributed by atoms with Crippen molar-refractivity contribution in [3.05, 3.63) is 72.3 Å². The van der Waals surface area contributed by atoms with Crippen molar-refractivity contribution in [1.82, 2.24) is 9.38 Å². The van der Waals surface area contributed by atoms with Crippen LogP contribution in [-0.4, -0.2) is 16.1 Å². The van der Waals surface area contributed by atoms with Crippen LogP contribution in [0.2, 0.25) is 0 Å². The maximum Gasteiger partial charge on any atom is 0.147 e. The molecular formula is C25H17N3O. The van der Waals surface area contributed by atoms with E-state index in [0.29, 0.717) is 0 Å². The molecule has 0 atom stereocenters. The first-order chi connectivity index (χ1) is 14.3. The van der Waals surface area contributed by atoms with Crippen molar-refractivity contribution in [3.8, 4) is 0 Å². The zero-order chi connectivity index (χ0) is 19.5. The van der Waals surface area contributed by atoms with Gasteiger partial charge in [0.15, 0.2) is 0 Å². The quantitative estimate of drug-likeness (QED) is 0.309. The second-order valence-corrected chi connectivity index (χ2v) is 7.14. The molecule has 0 bridgehead atoms. The minimum absolute atomic E-state index is 0.841. The summed E-state index contributed by atoms with van der Waals surface area (Å²) in [5.74, 6) is 0. The van der Waals surface area contributed by atoms with Crippen molar-refractivity contribution in [2.45, 2.75) is 6.92 Å². The highest BCUT2D eigenvalue weighted by Crippen LogP contribution is 2.40. The van der Waals surface area contributed by atoms with Crippen molar-refractivity contribution in [1.29, 1.82) is 0 Å². The topological polar surface area (TPSA) is 42.8 Å². The summed E-state index contributed by atoms with van der Waals surface area (Å²) in [5.41, 5.74) is 7.43. The van der Waals surface area contributed by atoms with Crippen LogP contribution in [0.3, 0.4) is 0 Å². The summed E-state index contributed by atoms with van der Waals surface area (Å²) in [7, 11) is 0. The summed E-state index contributed by atoms with van der Waals surface area (Å²) >= 11 is 0. The summed E-state index contributed by atoms with van der Waals surface area (Å²) in [6.45, 7) is 5.87. The van der Waals surface area contributed by atoms with E-state index in [1.165, 1.54) is 0 Å². The van der Waals surface area contributed by atoms with Gasteiger partial charge in [0.25, 0.3) is 0 Å². The number of hydrogen-bond donors (Lipinski definition) is 0. The molecule has 0 fully saturated rings. The van der Waals surface area contributed by atoms with Gasteiger partial charge in [-0.2, -0.15) is 0 Å². The molecule has 4 heteroatoms. The minimum Gasteiger partial charge on any atom is -0.456 e. The Morgan fingerprint density at radius 2 is 1.76 bits per heavy atom. The number of aliphatic imine (C=N–C) groups is 1. The molecule has 0 N–H and O–H groups in total. The molecule has 3 aromatic carbocycles. The van der Waals surface area contributed by atoms with Crippen LogP contribution in [0.25, 0.3) is 55.6 Å². The molecule has 6 rings (SSSR count). The first-order valence-electron chi connectivity index (χ1n) is 9.57. The molecule has 0 saturated carbocycles. The Morgan fingerprint density at radius 1 is 0.931 bits per heavy atom. The molecule has 3 aromatic heterocycles. The third-order valence-electron chi connectivity index (χ3n) is 5.54. The molecule has 138 valence electrons. The highest BCUT2D eigenvalue weighted by atomic mass is 16.3. The van der Waals surface area contributed by atoms with Crippen molar-refractivity contribution < 1.29 is 4.42 Å². The molecule has 4 nitrogen and oxygen atoms in total. The monoisotopic (exact) mass is 375 g/mol. The normalized spacial score (nSPS) is 12.3. The maximum atomic E-state index is 6.16. The number of aromatic nitrogens is 2. The Morgan fingerprint density at radius 3 is 2.62 bits per heavy atom. The van der Waals surface area contributed by atoms with Gasteiger partial charge in [-0.3, -0.25) is 9.39 Å². The van der Waals surface area contributed by atoms with Gasteiger partial charge in [0.2, 0.25) is 0 Å². The Hall–Kier alpha value is -3.92. The van der Waals surface area contributed by atoms with Crippen LogP contribution in [0.1, 0.15) is 12.5 Å². The molecule has 0 aliphatic rings. The molecule has 0 saturated heterocycles. The van der Waals surface area contributed by atoms with Gasteiger partial charge in [0.1, 0.15) is 16.8 Å². The molecule has 0 aliphatic heterocycles. The molecule has 0 aliphatic carbocycles. The van der Waals surface area contributed by atoms with Gasteiger partial charge < -0.3 is 4.42 Å². The number of furan rings is 1. The fourth-order valence-electron chi connectivity index (χ4n) is 4.33. The molecule has 0 radical (unpaired) electrons. The van der Waals surface area contributed by atoms with E-state index >= 15 is 0 Å². The largest absolute Gasteiger partial charge is 0.456 e. The highest BCUT2D eigenvalue weighted by Gasteiger charge is 2.18. The average molecular weight is 375 g/mol. The second-order valence-electron chi connectivity index (χ2n) is 7.14. The smallest absolute Gasteiger partial charge is 0.147 e. The number of hydrogen-bond acceptors (Lipinski definition) is 3. The SMILES string of the molecule is C=Nc1c(/C=C\C)c2nc3ccccc3n2c2cc3oc4ccccc4c3cc12. The van der Waals surface area contributed by atoms with E-state index in [9.17, 15) is 0 Å². The van der Waals surface area contributed by atoms with Crippen LogP contribution >= 0.6 is 0 Å². The zero-order valence-electron chi connectivity index (χ0n) is 15.9. The van der Waals surface area contributed by atoms with Crippen LogP contribution in [-0.2, 0) is 0 Å². The van der Waals surface area contributed by atoms with Crippen LogP contribution < -0.4 is 0 Å². The minimum atomic E-state index is 0.841. The van der Waals surface area contributed by atoms with Crippen LogP contribution in [0.15, 0.2) is 76.1 Å². The van der Waals surface area contributed by atoms with Crippen LogP contribution in [0, 0.1) is 0 Å². The summed E-state index contributed by atoms with van der Waals surface area (Å²) in [6.07, 6.45) is 4.07. The fraction of sp³-hybridized carbons (Fsp3) is 0.0400. The fourth-order valence-corrected chi connectivity index (χ4v) is 4.33. The van der Waals surface area contributed by atoms with Gasteiger partial charge in [-0.25, -0.2) is 4.98 Å². The van der Waals surface area contributed by atoms with Crippen molar-refractivity contribution in [2.24, 2.45) is 4.99 Å². The van der Waals surface area contributed by atoms with Gasteiger partial charge in [-0.05, 0) is 37.9 Å². The number of pyridine rings is 1. The summed E-state index contributed by atoms with van der Waals surface area (Å²) in [4.78, 5) is 9.33. The number of para-hydroxylation sites is 3. The second kappa shape index (κ2) is 5.79. The number of allylic oxidation sites excluding steroid dienone is 1. The lowest BCUT2D eigenvalue weighted by Crippen LogP contribution is -1.93. The van der Waals surface area contributed by atoms with E-state index in [0.717, 1.165) is 60.8 Å². The maximum absolute atomic E-state index is 6.16. The van der Waals surface area contributed by atoms with E-state index in [4.69, 9.17) is 9.40 Å². The Kier molecular flexibility index (Phi) is 3.21. The molecule has 0 spiro atoms. The lowest BCUT2D eigenvalue weighted by molar-refractivity contribution is 0.669. The number of rotatable bonds is 2. The first-order valence-corrected chi connectivity index (χ1v) is 9.57. The predicted molar refractivity (Wildman–Crippen MR) is 121 cm³/mol. The number of nitrogens with zero attached hydrogens (tertiary/aromatic N) is 3. The lowest BCUT2D eigenvalue weighted by Gasteiger charge is -2.11. The third kappa shape index (κ3) is 2.08. The summed E-state index contributed by atoms with van der Waals surface area (Å²) < 4.78 is 8.35. The first kappa shape index (κ1) is 16.1. The van der Waals surface area contributed by atoms with Gasteiger partial charge in [0.05, 0.1) is 22.2 Å². The van der Waals surface area contributed by atoms with E-state index in [2.05, 4.69) is 46.5 Å². The standard InChI is InChI=1S/C25H17N3O/c1-3-8-16-24(26-2)18-13-17-15-9-4-7-12-22(15)29-23(17)14-21(18)28-20-11-6-5-10-19(20)27-25(16)28/h3-14H,2H2,1H3/b8-3-. The third-order valence-corrected chi connectivity index (χ3v) is 5.54. The van der Waals surface area contributed by atoms with E-state index < -0.39 is 0 Å². The molecule has 29 heavy (non-hydrogen) atoms. The van der Waals surface area contributed by atoms with Crippen molar-refractivity contribution in [2.75, 3.05) is 0 Å². The van der Waals surface area contributed by atoms with E-state index in [1.54, 1.807) is 0 Å². The molecule has 0 unspecified atom stereocenters. The van der Waals surface area contributed by atoms with Crippen LogP contribution in [0.5, 0.6) is 0 Å². The van der Waals surface area contributed by atoms with Crippen molar-refractivity contribution in [3.63, 3.8) is 0 Å². The van der Waals surface area contributed by atoms with E-state index in [-0.39, 0.29) is 0 Å². The average Bonchev–Trinajstić information content (AvgIpc) is 3.31. The molecule has 0 amide bonds. The number of imidazole rings is 1. The zero-order valence-corrected chi connectivity index (χ0v) is 15.9. The van der Waals surface area contributed by atoms with Crippen LogP contribution in [0.4, 0.5) is 5.69 Å². The number of benzene rings is 3. The van der Waals surface area contributed by atoms with Gasteiger partial charge >= 0.3 is 0 Å². The molecular weight excluding hydrogens is 358 g/mol. The molecule has 3 heterocycles. The summed E-state index contributed by atoms with van der Waals surface area (Å²) in [5, 5.41) is 3.21. The lowest BCUT2D eigenvalue weighted by atomic mass is 10.0. The van der Waals surface area contributed by atoms with Gasteiger partial charge in [-0.1, -0.05) is 42.5 Å². The van der Waals surface area contributed by atoms with E-state index in [1.807, 2.05) is 49.4 Å². The Labute approximate surface area is 166 Å². The Balaban J connectivity index is 1.94. The Bertz CT molecular complexity index is 1630.